The van der Waals surface area contributed by atoms with E-state index in [0.29, 0.717) is 16.9 Å². The molecule has 0 atom stereocenters. The summed E-state index contributed by atoms with van der Waals surface area (Å²) >= 11 is 3.22. The van der Waals surface area contributed by atoms with Gasteiger partial charge in [0.1, 0.15) is 4.60 Å². The average molecular weight is 292 g/mol. The predicted molar refractivity (Wildman–Crippen MR) is 70.7 cm³/mol. The van der Waals surface area contributed by atoms with E-state index < -0.39 is 0 Å². The van der Waals surface area contributed by atoms with Crippen molar-refractivity contribution in [1.82, 2.24) is 4.98 Å². The maximum Gasteiger partial charge on any atom is 0.257 e. The van der Waals surface area contributed by atoms with Crippen molar-refractivity contribution in [3.8, 4) is 0 Å². The number of carbonyl (C=O) groups excluding carboxylic acids is 1. The molecule has 1 amide bonds. The molecule has 0 saturated carbocycles. The molecule has 2 rings (SSSR count). The van der Waals surface area contributed by atoms with Gasteiger partial charge in [0.25, 0.3) is 5.91 Å². The van der Waals surface area contributed by atoms with Crippen LogP contribution in [0.3, 0.4) is 0 Å². The van der Waals surface area contributed by atoms with Crippen LogP contribution in [0, 0.1) is 0 Å². The molecule has 0 spiro atoms. The number of nitrogens with zero attached hydrogens (tertiary/aromatic N) is 1. The molecule has 0 fully saturated rings. The van der Waals surface area contributed by atoms with E-state index in [9.17, 15) is 4.79 Å². The number of pyridine rings is 1. The summed E-state index contributed by atoms with van der Waals surface area (Å²) in [5.74, 6) is -0.243. The van der Waals surface area contributed by atoms with Gasteiger partial charge in [0.05, 0.1) is 17.4 Å². The lowest BCUT2D eigenvalue weighted by atomic mass is 10.1. The Morgan fingerprint density at radius 2 is 2.00 bits per heavy atom. The van der Waals surface area contributed by atoms with E-state index in [1.807, 2.05) is 0 Å². The summed E-state index contributed by atoms with van der Waals surface area (Å²) < 4.78 is 0.717. The van der Waals surface area contributed by atoms with Crippen LogP contribution >= 0.6 is 15.9 Å². The number of amides is 1. The fourth-order valence-electron chi connectivity index (χ4n) is 1.35. The molecule has 17 heavy (non-hydrogen) atoms. The van der Waals surface area contributed by atoms with E-state index in [1.54, 1.807) is 42.6 Å². The minimum atomic E-state index is -0.243. The number of nitrogen functional groups attached to an aromatic ring is 1. The molecular formula is C12H10BrN3O. The van der Waals surface area contributed by atoms with Crippen LogP contribution in [0.15, 0.2) is 47.2 Å². The van der Waals surface area contributed by atoms with Crippen molar-refractivity contribution >= 4 is 33.2 Å². The van der Waals surface area contributed by atoms with Crippen molar-refractivity contribution in [1.29, 1.82) is 0 Å². The van der Waals surface area contributed by atoms with Gasteiger partial charge in [0.15, 0.2) is 0 Å². The zero-order valence-corrected chi connectivity index (χ0v) is 10.4. The molecule has 1 aromatic heterocycles. The first-order valence-electron chi connectivity index (χ1n) is 4.94. The van der Waals surface area contributed by atoms with E-state index in [-0.39, 0.29) is 5.91 Å². The third kappa shape index (κ3) is 2.82. The Balaban J connectivity index is 2.17. The van der Waals surface area contributed by atoms with Crippen molar-refractivity contribution in [2.24, 2.45) is 0 Å². The van der Waals surface area contributed by atoms with Gasteiger partial charge < -0.3 is 11.1 Å². The van der Waals surface area contributed by atoms with Crippen molar-refractivity contribution in [2.75, 3.05) is 11.1 Å². The highest BCUT2D eigenvalue weighted by Crippen LogP contribution is 2.15. The molecule has 86 valence electrons. The second-order valence-electron chi connectivity index (χ2n) is 3.41. The second kappa shape index (κ2) is 4.97. The van der Waals surface area contributed by atoms with Crippen LogP contribution in [-0.2, 0) is 0 Å². The van der Waals surface area contributed by atoms with Gasteiger partial charge in [-0.2, -0.15) is 0 Å². The largest absolute Gasteiger partial charge is 0.398 e. The highest BCUT2D eigenvalue weighted by molar-refractivity contribution is 9.10. The van der Waals surface area contributed by atoms with Crippen LogP contribution in [0.2, 0.25) is 0 Å². The highest BCUT2D eigenvalue weighted by atomic mass is 79.9. The Hall–Kier alpha value is -1.88. The van der Waals surface area contributed by atoms with Gasteiger partial charge in [-0.1, -0.05) is 12.1 Å². The Labute approximate surface area is 107 Å². The number of hydrogen-bond acceptors (Lipinski definition) is 3. The van der Waals surface area contributed by atoms with Gasteiger partial charge >= 0.3 is 0 Å². The number of halogens is 1. The quantitative estimate of drug-likeness (QED) is 0.660. The lowest BCUT2D eigenvalue weighted by Gasteiger charge is -2.06. The standard InChI is InChI=1S/C12H10BrN3O/c13-11-6-5-8(7-15-11)16-12(17)9-3-1-2-4-10(9)14/h1-7H,14H2,(H,16,17). The number of nitrogens with two attached hydrogens (primary N) is 1. The summed E-state index contributed by atoms with van der Waals surface area (Å²) in [6.45, 7) is 0. The topological polar surface area (TPSA) is 68.0 Å². The minimum absolute atomic E-state index is 0.243. The number of para-hydroxylation sites is 1. The maximum atomic E-state index is 11.9. The Bertz CT molecular complexity index is 540. The highest BCUT2D eigenvalue weighted by Gasteiger charge is 2.08. The third-order valence-corrected chi connectivity index (χ3v) is 2.66. The van der Waals surface area contributed by atoms with Crippen LogP contribution in [0.5, 0.6) is 0 Å². The second-order valence-corrected chi connectivity index (χ2v) is 4.22. The van der Waals surface area contributed by atoms with Gasteiger partial charge in [-0.25, -0.2) is 4.98 Å². The summed E-state index contributed by atoms with van der Waals surface area (Å²) in [7, 11) is 0. The number of carbonyl (C=O) groups is 1. The summed E-state index contributed by atoms with van der Waals surface area (Å²) in [5, 5.41) is 2.72. The lowest BCUT2D eigenvalue weighted by molar-refractivity contribution is 0.102. The van der Waals surface area contributed by atoms with E-state index in [4.69, 9.17) is 5.73 Å². The van der Waals surface area contributed by atoms with Crippen molar-refractivity contribution < 1.29 is 4.79 Å². The summed E-state index contributed by atoms with van der Waals surface area (Å²) in [6, 6.07) is 10.4. The summed E-state index contributed by atoms with van der Waals surface area (Å²) in [6.07, 6.45) is 1.57. The van der Waals surface area contributed by atoms with Crippen LogP contribution in [-0.4, -0.2) is 10.9 Å². The molecule has 0 saturated heterocycles. The molecule has 1 heterocycles. The molecule has 3 N–H and O–H groups in total. The first kappa shape index (κ1) is 11.6. The van der Waals surface area contributed by atoms with E-state index in [0.717, 1.165) is 4.60 Å². The first-order valence-corrected chi connectivity index (χ1v) is 5.73. The smallest absolute Gasteiger partial charge is 0.257 e. The van der Waals surface area contributed by atoms with Crippen molar-refractivity contribution in [2.45, 2.75) is 0 Å². The average Bonchev–Trinajstić information content (AvgIpc) is 2.32. The fourth-order valence-corrected chi connectivity index (χ4v) is 1.59. The molecule has 0 unspecified atom stereocenters. The normalized spacial score (nSPS) is 9.94. The molecule has 5 heteroatoms. The van der Waals surface area contributed by atoms with Gasteiger partial charge in [-0.3, -0.25) is 4.79 Å². The molecule has 1 aromatic carbocycles. The summed E-state index contributed by atoms with van der Waals surface area (Å²) in [4.78, 5) is 15.9. The summed E-state index contributed by atoms with van der Waals surface area (Å²) in [5.41, 5.74) is 7.25. The van der Waals surface area contributed by atoms with E-state index in [1.165, 1.54) is 0 Å². The first-order chi connectivity index (χ1) is 8.16. The molecular weight excluding hydrogens is 282 g/mol. The minimum Gasteiger partial charge on any atom is -0.398 e. The van der Waals surface area contributed by atoms with Crippen LogP contribution in [0.25, 0.3) is 0 Å². The van der Waals surface area contributed by atoms with Gasteiger partial charge in [0.2, 0.25) is 0 Å². The SMILES string of the molecule is Nc1ccccc1C(=O)Nc1ccc(Br)nc1. The van der Waals surface area contributed by atoms with Gasteiger partial charge in [0, 0.05) is 5.69 Å². The van der Waals surface area contributed by atoms with E-state index >= 15 is 0 Å². The number of benzene rings is 1. The molecule has 0 aliphatic carbocycles. The van der Waals surface area contributed by atoms with Crippen LogP contribution < -0.4 is 11.1 Å². The monoisotopic (exact) mass is 291 g/mol. The van der Waals surface area contributed by atoms with Crippen molar-refractivity contribution in [3.05, 3.63) is 52.8 Å². The zero-order valence-electron chi connectivity index (χ0n) is 8.85. The Morgan fingerprint density at radius 3 is 2.65 bits per heavy atom. The van der Waals surface area contributed by atoms with Crippen LogP contribution in [0.4, 0.5) is 11.4 Å². The zero-order chi connectivity index (χ0) is 12.3. The molecule has 0 radical (unpaired) electrons. The predicted octanol–water partition coefficient (Wildman–Crippen LogP) is 2.68. The molecule has 4 nitrogen and oxygen atoms in total. The molecule has 0 aliphatic heterocycles. The number of rotatable bonds is 2. The molecule has 0 aliphatic rings. The number of aromatic nitrogens is 1. The van der Waals surface area contributed by atoms with Gasteiger partial charge in [-0.15, -0.1) is 0 Å². The lowest BCUT2D eigenvalue weighted by Crippen LogP contribution is -2.13. The fraction of sp³-hybridized carbons (Fsp3) is 0. The Kier molecular flexibility index (Phi) is 3.39. The number of anilines is 2. The van der Waals surface area contributed by atoms with Gasteiger partial charge in [-0.05, 0) is 40.2 Å². The van der Waals surface area contributed by atoms with E-state index in [2.05, 4.69) is 26.2 Å². The Morgan fingerprint density at radius 1 is 1.24 bits per heavy atom. The number of hydrogen-bond donors (Lipinski definition) is 2. The van der Waals surface area contributed by atoms with Crippen LogP contribution in [0.1, 0.15) is 10.4 Å². The third-order valence-electron chi connectivity index (χ3n) is 2.19. The molecule has 0 bridgehead atoms. The number of nitrogens with one attached hydrogen (secondary N) is 1. The van der Waals surface area contributed by atoms with Crippen molar-refractivity contribution in [3.63, 3.8) is 0 Å². The molecule has 2 aromatic rings. The maximum absolute atomic E-state index is 11.9.